The van der Waals surface area contributed by atoms with Crippen molar-refractivity contribution in [2.45, 2.75) is 45.7 Å². The molecule has 0 saturated heterocycles. The second-order valence-corrected chi connectivity index (χ2v) is 6.44. The van der Waals surface area contributed by atoms with E-state index in [-0.39, 0.29) is 17.5 Å². The van der Waals surface area contributed by atoms with E-state index in [0.29, 0.717) is 0 Å². The van der Waals surface area contributed by atoms with Gasteiger partial charge in [-0.1, -0.05) is 18.2 Å². The number of carbonyl (C=O) groups excluding carboxylic acids is 2. The molecule has 5 nitrogen and oxygen atoms in total. The van der Waals surface area contributed by atoms with Crippen LogP contribution >= 0.6 is 0 Å². The van der Waals surface area contributed by atoms with Crippen LogP contribution in [0.2, 0.25) is 0 Å². The van der Waals surface area contributed by atoms with Gasteiger partial charge >= 0.3 is 6.03 Å². The van der Waals surface area contributed by atoms with Crippen LogP contribution < -0.4 is 15.5 Å². The summed E-state index contributed by atoms with van der Waals surface area (Å²) in [6.45, 7) is 8.24. The number of benzene rings is 1. The highest BCUT2D eigenvalue weighted by Crippen LogP contribution is 2.29. The Labute approximate surface area is 125 Å². The lowest BCUT2D eigenvalue weighted by molar-refractivity contribution is -0.121. The van der Waals surface area contributed by atoms with Crippen LogP contribution in [-0.2, 0) is 11.2 Å². The maximum absolute atomic E-state index is 12.2. The van der Waals surface area contributed by atoms with Crippen LogP contribution in [0.5, 0.6) is 0 Å². The summed E-state index contributed by atoms with van der Waals surface area (Å²) in [6, 6.07) is 7.23. The van der Waals surface area contributed by atoms with Crippen LogP contribution in [0.15, 0.2) is 24.3 Å². The Hall–Kier alpha value is -2.04. The SMILES string of the molecule is C[C@@H](C(=O)NC(=O)NC(C)(C)C)N1CCc2ccccc21. The predicted octanol–water partition coefficient (Wildman–Crippen LogP) is 2.06. The van der Waals surface area contributed by atoms with Crippen molar-refractivity contribution in [3.05, 3.63) is 29.8 Å². The van der Waals surface area contributed by atoms with Gasteiger partial charge in [-0.2, -0.15) is 0 Å². The fraction of sp³-hybridized carbons (Fsp3) is 0.500. The molecule has 1 aliphatic rings. The van der Waals surface area contributed by atoms with Crippen molar-refractivity contribution in [3.8, 4) is 0 Å². The second kappa shape index (κ2) is 5.76. The molecule has 1 aliphatic heterocycles. The molecule has 0 fully saturated rings. The first-order valence-electron chi connectivity index (χ1n) is 7.25. The molecular weight excluding hydrogens is 266 g/mol. The van der Waals surface area contributed by atoms with E-state index >= 15 is 0 Å². The molecule has 1 heterocycles. The summed E-state index contributed by atoms with van der Waals surface area (Å²) in [5, 5.41) is 5.14. The molecule has 1 atom stereocenters. The number of anilines is 1. The summed E-state index contributed by atoms with van der Waals surface area (Å²) >= 11 is 0. The summed E-state index contributed by atoms with van der Waals surface area (Å²) < 4.78 is 0. The summed E-state index contributed by atoms with van der Waals surface area (Å²) in [5.74, 6) is -0.284. The first kappa shape index (κ1) is 15.4. The van der Waals surface area contributed by atoms with Crippen LogP contribution in [0.4, 0.5) is 10.5 Å². The molecule has 21 heavy (non-hydrogen) atoms. The van der Waals surface area contributed by atoms with Crippen LogP contribution in [0, 0.1) is 0 Å². The van der Waals surface area contributed by atoms with Gasteiger partial charge in [-0.25, -0.2) is 4.79 Å². The van der Waals surface area contributed by atoms with E-state index in [4.69, 9.17) is 0 Å². The lowest BCUT2D eigenvalue weighted by atomic mass is 10.1. The van der Waals surface area contributed by atoms with Crippen molar-refractivity contribution >= 4 is 17.6 Å². The first-order valence-corrected chi connectivity index (χ1v) is 7.25. The largest absolute Gasteiger partial charge is 0.359 e. The zero-order chi connectivity index (χ0) is 15.6. The highest BCUT2D eigenvalue weighted by Gasteiger charge is 2.28. The Balaban J connectivity index is 1.99. The number of carbonyl (C=O) groups is 2. The number of para-hydroxylation sites is 1. The number of nitrogens with one attached hydrogen (secondary N) is 2. The molecule has 0 bridgehead atoms. The maximum Gasteiger partial charge on any atom is 0.321 e. The van der Waals surface area contributed by atoms with Crippen molar-refractivity contribution in [2.75, 3.05) is 11.4 Å². The van der Waals surface area contributed by atoms with E-state index in [0.717, 1.165) is 18.7 Å². The fourth-order valence-electron chi connectivity index (χ4n) is 2.50. The highest BCUT2D eigenvalue weighted by molar-refractivity contribution is 5.98. The summed E-state index contributed by atoms with van der Waals surface area (Å²) in [4.78, 5) is 26.0. The minimum atomic E-state index is -0.452. The van der Waals surface area contributed by atoms with Gasteiger partial charge in [0.1, 0.15) is 6.04 Å². The lowest BCUT2D eigenvalue weighted by Crippen LogP contribution is -2.53. The zero-order valence-electron chi connectivity index (χ0n) is 13.1. The number of hydrogen-bond acceptors (Lipinski definition) is 3. The number of hydrogen-bond donors (Lipinski definition) is 2. The molecule has 0 spiro atoms. The van der Waals surface area contributed by atoms with Gasteiger partial charge in [0.05, 0.1) is 0 Å². The van der Waals surface area contributed by atoms with Gasteiger partial charge in [-0.15, -0.1) is 0 Å². The van der Waals surface area contributed by atoms with Gasteiger partial charge < -0.3 is 10.2 Å². The van der Waals surface area contributed by atoms with Crippen LogP contribution in [-0.4, -0.2) is 30.1 Å². The normalized spacial score (nSPS) is 15.3. The Bertz CT molecular complexity index is 549. The van der Waals surface area contributed by atoms with Crippen molar-refractivity contribution in [1.82, 2.24) is 10.6 Å². The van der Waals surface area contributed by atoms with E-state index in [1.165, 1.54) is 5.56 Å². The second-order valence-electron chi connectivity index (χ2n) is 6.44. The van der Waals surface area contributed by atoms with Crippen molar-refractivity contribution < 1.29 is 9.59 Å². The molecule has 3 amide bonds. The van der Waals surface area contributed by atoms with Crippen molar-refractivity contribution in [2.24, 2.45) is 0 Å². The molecule has 5 heteroatoms. The average Bonchev–Trinajstić information content (AvgIpc) is 2.79. The van der Waals surface area contributed by atoms with E-state index in [9.17, 15) is 9.59 Å². The van der Waals surface area contributed by atoms with Crippen LogP contribution in [0.1, 0.15) is 33.3 Å². The smallest absolute Gasteiger partial charge is 0.321 e. The highest BCUT2D eigenvalue weighted by atomic mass is 16.2. The first-order chi connectivity index (χ1) is 9.78. The van der Waals surface area contributed by atoms with Gasteiger partial charge in [0.15, 0.2) is 0 Å². The molecule has 2 rings (SSSR count). The minimum Gasteiger partial charge on any atom is -0.359 e. The molecule has 0 aliphatic carbocycles. The molecule has 2 N–H and O–H groups in total. The standard InChI is InChI=1S/C16H23N3O2/c1-11(14(20)17-15(21)18-16(2,3)4)19-10-9-12-7-5-6-8-13(12)19/h5-8,11H,9-10H2,1-4H3,(H2,17,18,20,21)/t11-/m0/s1. The minimum absolute atomic E-state index is 0.284. The van der Waals surface area contributed by atoms with Gasteiger partial charge in [0, 0.05) is 17.8 Å². The molecule has 0 aromatic heterocycles. The third-order valence-corrected chi connectivity index (χ3v) is 3.50. The molecule has 0 radical (unpaired) electrons. The van der Waals surface area contributed by atoms with Gasteiger partial charge in [-0.05, 0) is 45.7 Å². The topological polar surface area (TPSA) is 61.4 Å². The van der Waals surface area contributed by atoms with Gasteiger partial charge in [0.25, 0.3) is 0 Å². The Kier molecular flexibility index (Phi) is 4.21. The number of rotatable bonds is 2. The molecule has 114 valence electrons. The van der Waals surface area contributed by atoms with Gasteiger partial charge in [0.2, 0.25) is 5.91 Å². The molecule has 0 unspecified atom stereocenters. The third kappa shape index (κ3) is 3.74. The fourth-order valence-corrected chi connectivity index (χ4v) is 2.50. The summed E-state index contributed by atoms with van der Waals surface area (Å²) in [7, 11) is 0. The summed E-state index contributed by atoms with van der Waals surface area (Å²) in [6.07, 6.45) is 0.933. The number of fused-ring (bicyclic) bond motifs is 1. The molecule has 1 aromatic rings. The van der Waals surface area contributed by atoms with E-state index in [1.807, 2.05) is 50.8 Å². The summed E-state index contributed by atoms with van der Waals surface area (Å²) in [5.41, 5.74) is 1.96. The average molecular weight is 289 g/mol. The number of amides is 3. The predicted molar refractivity (Wildman–Crippen MR) is 83.4 cm³/mol. The molecule has 1 aromatic carbocycles. The van der Waals surface area contributed by atoms with E-state index < -0.39 is 6.03 Å². The molecule has 0 saturated carbocycles. The number of nitrogens with zero attached hydrogens (tertiary/aromatic N) is 1. The maximum atomic E-state index is 12.2. The quantitative estimate of drug-likeness (QED) is 0.876. The van der Waals surface area contributed by atoms with E-state index in [2.05, 4.69) is 16.7 Å². The Morgan fingerprint density at radius 2 is 1.90 bits per heavy atom. The van der Waals surface area contributed by atoms with Crippen molar-refractivity contribution in [3.63, 3.8) is 0 Å². The number of urea groups is 1. The van der Waals surface area contributed by atoms with E-state index in [1.54, 1.807) is 0 Å². The lowest BCUT2D eigenvalue weighted by Gasteiger charge is -2.27. The monoisotopic (exact) mass is 289 g/mol. The van der Waals surface area contributed by atoms with Gasteiger partial charge in [-0.3, -0.25) is 10.1 Å². The number of imide groups is 1. The molecular formula is C16H23N3O2. The van der Waals surface area contributed by atoms with Crippen molar-refractivity contribution in [1.29, 1.82) is 0 Å². The zero-order valence-corrected chi connectivity index (χ0v) is 13.1. The van der Waals surface area contributed by atoms with Crippen LogP contribution in [0.25, 0.3) is 0 Å². The third-order valence-electron chi connectivity index (χ3n) is 3.50. The Morgan fingerprint density at radius 3 is 2.57 bits per heavy atom. The Morgan fingerprint density at radius 1 is 1.24 bits per heavy atom. The van der Waals surface area contributed by atoms with Crippen LogP contribution in [0.3, 0.4) is 0 Å².